The minimum atomic E-state index is -4.27. The molecule has 13 heteroatoms. The number of alkyl halides is 1. The van der Waals surface area contributed by atoms with E-state index >= 15 is 0 Å². The van der Waals surface area contributed by atoms with Gasteiger partial charge in [0.1, 0.15) is 6.61 Å². The molecule has 0 saturated carbocycles. The van der Waals surface area contributed by atoms with Crippen LogP contribution in [0.15, 0.2) is 21.9 Å². The zero-order chi connectivity index (χ0) is 24.3. The summed E-state index contributed by atoms with van der Waals surface area (Å²) < 4.78 is 29.9. The van der Waals surface area contributed by atoms with E-state index in [2.05, 4.69) is 10.1 Å². The maximum absolute atomic E-state index is 12.6. The van der Waals surface area contributed by atoms with Gasteiger partial charge in [0.2, 0.25) is 0 Å². The van der Waals surface area contributed by atoms with E-state index in [1.54, 1.807) is 20.8 Å². The number of rotatable bonds is 10. The maximum Gasteiger partial charge on any atom is 0.403 e. The Labute approximate surface area is 191 Å². The van der Waals surface area contributed by atoms with Crippen molar-refractivity contribution >= 4 is 25.3 Å². The van der Waals surface area contributed by atoms with Crippen LogP contribution in [0.5, 0.6) is 0 Å². The van der Waals surface area contributed by atoms with Gasteiger partial charge in [-0.2, -0.15) is 0 Å². The van der Waals surface area contributed by atoms with Gasteiger partial charge in [-0.15, -0.1) is 11.6 Å². The standard InChI is InChI=1S/C19H31ClN3O8P/c1-11(2)14(10-29-16(25)12(3)4)22-32(27,28)30-9-13-8-19(5,20)17(31-13)23-7-6-15(24)21-18(23)26/h6-7,11-14,17H,8-10H2,1-5H3,(H,21,24,26)(H2,22,27,28). The highest BCUT2D eigenvalue weighted by Gasteiger charge is 2.46. The van der Waals surface area contributed by atoms with Gasteiger partial charge in [0.15, 0.2) is 6.23 Å². The van der Waals surface area contributed by atoms with E-state index in [4.69, 9.17) is 25.6 Å². The molecular weight excluding hydrogens is 465 g/mol. The Morgan fingerprint density at radius 3 is 2.66 bits per heavy atom. The molecule has 2 heterocycles. The molecule has 0 spiro atoms. The number of aromatic nitrogens is 2. The van der Waals surface area contributed by atoms with Crippen molar-refractivity contribution in [2.24, 2.45) is 11.8 Å². The van der Waals surface area contributed by atoms with Crippen LogP contribution in [0.4, 0.5) is 0 Å². The minimum Gasteiger partial charge on any atom is -0.464 e. The predicted octanol–water partition coefficient (Wildman–Crippen LogP) is 1.75. The van der Waals surface area contributed by atoms with Gasteiger partial charge in [0.05, 0.1) is 29.5 Å². The Kier molecular flexibility index (Phi) is 8.89. The first-order chi connectivity index (χ1) is 14.7. The summed E-state index contributed by atoms with van der Waals surface area (Å²) in [5.74, 6) is -0.841. The second kappa shape index (κ2) is 10.6. The Morgan fingerprint density at radius 1 is 1.44 bits per heavy atom. The fourth-order valence-electron chi connectivity index (χ4n) is 3.13. The van der Waals surface area contributed by atoms with Crippen LogP contribution in [-0.2, 0) is 23.4 Å². The Bertz CT molecular complexity index is 960. The van der Waals surface area contributed by atoms with E-state index in [-0.39, 0.29) is 31.5 Å². The van der Waals surface area contributed by atoms with Gasteiger partial charge in [-0.25, -0.2) is 14.4 Å². The van der Waals surface area contributed by atoms with Crippen molar-refractivity contribution in [3.8, 4) is 0 Å². The Morgan fingerprint density at radius 2 is 2.09 bits per heavy atom. The van der Waals surface area contributed by atoms with Gasteiger partial charge < -0.3 is 14.4 Å². The molecule has 3 N–H and O–H groups in total. The van der Waals surface area contributed by atoms with E-state index < -0.39 is 48.2 Å². The second-order valence-electron chi connectivity index (χ2n) is 8.69. The average molecular weight is 496 g/mol. The van der Waals surface area contributed by atoms with Gasteiger partial charge in [0, 0.05) is 12.3 Å². The third kappa shape index (κ3) is 7.26. The highest BCUT2D eigenvalue weighted by molar-refractivity contribution is 7.50. The Hall–Kier alpha value is -1.49. The molecule has 1 aliphatic heterocycles. The fourth-order valence-corrected chi connectivity index (χ4v) is 4.70. The zero-order valence-corrected chi connectivity index (χ0v) is 20.4. The van der Waals surface area contributed by atoms with Crippen LogP contribution in [0, 0.1) is 11.8 Å². The van der Waals surface area contributed by atoms with Crippen molar-refractivity contribution < 1.29 is 28.3 Å². The first-order valence-electron chi connectivity index (χ1n) is 10.3. The quantitative estimate of drug-likeness (QED) is 0.250. The molecular formula is C19H31ClN3O8P. The van der Waals surface area contributed by atoms with Gasteiger partial charge in [-0.05, 0) is 19.3 Å². The highest BCUT2D eigenvalue weighted by atomic mass is 35.5. The monoisotopic (exact) mass is 495 g/mol. The van der Waals surface area contributed by atoms with Crippen LogP contribution in [-0.4, -0.2) is 50.6 Å². The maximum atomic E-state index is 12.6. The first kappa shape index (κ1) is 26.8. The summed E-state index contributed by atoms with van der Waals surface area (Å²) in [7, 11) is -4.27. The Balaban J connectivity index is 1.99. The molecule has 1 saturated heterocycles. The van der Waals surface area contributed by atoms with Crippen LogP contribution >= 0.6 is 19.3 Å². The van der Waals surface area contributed by atoms with Crippen LogP contribution in [0.2, 0.25) is 0 Å². The fraction of sp³-hybridized carbons (Fsp3) is 0.737. The average Bonchev–Trinajstić information content (AvgIpc) is 2.97. The number of hydrogen-bond acceptors (Lipinski definition) is 7. The number of nitrogens with one attached hydrogen (secondary N) is 2. The van der Waals surface area contributed by atoms with Crippen LogP contribution < -0.4 is 16.3 Å². The molecule has 1 aliphatic rings. The summed E-state index contributed by atoms with van der Waals surface area (Å²) >= 11 is 6.52. The molecule has 1 fully saturated rings. The van der Waals surface area contributed by atoms with Crippen molar-refractivity contribution in [2.45, 2.75) is 64.3 Å². The SMILES string of the molecule is CC(C)C(=O)OCC(NP(=O)(O)OCC1CC(C)(Cl)C(n2ccc(=O)[nH]c2=O)O1)C(C)C. The number of nitrogens with zero attached hydrogens (tertiary/aromatic N) is 1. The summed E-state index contributed by atoms with van der Waals surface area (Å²) in [6.45, 7) is 8.32. The van der Waals surface area contributed by atoms with Crippen molar-refractivity contribution in [1.29, 1.82) is 0 Å². The summed E-state index contributed by atoms with van der Waals surface area (Å²) in [5.41, 5.74) is -1.23. The van der Waals surface area contributed by atoms with Gasteiger partial charge in [0.25, 0.3) is 5.56 Å². The smallest absolute Gasteiger partial charge is 0.403 e. The minimum absolute atomic E-state index is 0.0839. The van der Waals surface area contributed by atoms with Crippen molar-refractivity contribution in [3.63, 3.8) is 0 Å². The number of halogens is 1. The van der Waals surface area contributed by atoms with Crippen molar-refractivity contribution in [1.82, 2.24) is 14.6 Å². The number of aromatic amines is 1. The lowest BCUT2D eigenvalue weighted by Crippen LogP contribution is -2.38. The number of carbonyl (C=O) groups is 1. The summed E-state index contributed by atoms with van der Waals surface area (Å²) in [6.07, 6.45) is -0.0866. The molecule has 0 radical (unpaired) electrons. The van der Waals surface area contributed by atoms with E-state index in [1.165, 1.54) is 12.3 Å². The zero-order valence-electron chi connectivity index (χ0n) is 18.7. The van der Waals surface area contributed by atoms with Crippen LogP contribution in [0.25, 0.3) is 0 Å². The molecule has 0 aliphatic carbocycles. The number of ether oxygens (including phenoxy) is 2. The molecule has 11 nitrogen and oxygen atoms in total. The molecule has 32 heavy (non-hydrogen) atoms. The van der Waals surface area contributed by atoms with Crippen LogP contribution in [0.1, 0.15) is 47.3 Å². The van der Waals surface area contributed by atoms with E-state index in [0.717, 1.165) is 4.57 Å². The molecule has 182 valence electrons. The summed E-state index contributed by atoms with van der Waals surface area (Å²) in [5, 5.41) is 2.52. The van der Waals surface area contributed by atoms with Gasteiger partial charge in [-0.1, -0.05) is 27.7 Å². The molecule has 0 bridgehead atoms. The summed E-state index contributed by atoms with van der Waals surface area (Å²) in [6, 6.07) is 0.565. The number of hydrogen-bond donors (Lipinski definition) is 3. The number of H-pyrrole nitrogens is 1. The molecule has 2 rings (SSSR count). The third-order valence-corrected chi connectivity index (χ3v) is 6.51. The van der Waals surface area contributed by atoms with Crippen LogP contribution in [0.3, 0.4) is 0 Å². The van der Waals surface area contributed by atoms with E-state index in [0.29, 0.717) is 0 Å². The first-order valence-corrected chi connectivity index (χ1v) is 12.2. The van der Waals surface area contributed by atoms with E-state index in [1.807, 2.05) is 13.8 Å². The highest BCUT2D eigenvalue weighted by Crippen LogP contribution is 2.45. The third-order valence-electron chi connectivity index (χ3n) is 5.01. The largest absolute Gasteiger partial charge is 0.464 e. The molecule has 0 amide bonds. The molecule has 0 aromatic carbocycles. The van der Waals surface area contributed by atoms with E-state index in [9.17, 15) is 23.8 Å². The summed E-state index contributed by atoms with van der Waals surface area (Å²) in [4.78, 5) is 46.4. The normalized spacial score (nSPS) is 26.3. The lowest BCUT2D eigenvalue weighted by Gasteiger charge is -2.25. The molecule has 5 unspecified atom stereocenters. The number of carbonyl (C=O) groups excluding carboxylic acids is 1. The number of esters is 1. The lowest BCUT2D eigenvalue weighted by molar-refractivity contribution is -0.148. The van der Waals surface area contributed by atoms with Crippen molar-refractivity contribution in [2.75, 3.05) is 13.2 Å². The van der Waals surface area contributed by atoms with Crippen molar-refractivity contribution in [3.05, 3.63) is 33.1 Å². The second-order valence-corrected chi connectivity index (χ2v) is 11.1. The molecule has 1 aromatic heterocycles. The molecule has 5 atom stereocenters. The van der Waals surface area contributed by atoms with Gasteiger partial charge >= 0.3 is 19.4 Å². The van der Waals surface area contributed by atoms with Gasteiger partial charge in [-0.3, -0.25) is 23.7 Å². The predicted molar refractivity (Wildman–Crippen MR) is 117 cm³/mol. The topological polar surface area (TPSA) is 149 Å². The lowest BCUT2D eigenvalue weighted by atomic mass is 10.1. The molecule has 1 aromatic rings.